The van der Waals surface area contributed by atoms with E-state index >= 15 is 0 Å². The van der Waals surface area contributed by atoms with Gasteiger partial charge in [0, 0.05) is 35.7 Å². The number of nitrogens with one attached hydrogen (secondary N) is 1. The molecule has 4 rings (SSSR count). The molecule has 0 saturated heterocycles. The number of aliphatic hydroxyl groups excluding tert-OH is 1. The van der Waals surface area contributed by atoms with Gasteiger partial charge in [-0.15, -0.1) is 11.3 Å². The third-order valence-electron chi connectivity index (χ3n) is 5.97. The van der Waals surface area contributed by atoms with Crippen molar-refractivity contribution >= 4 is 51.3 Å². The zero-order valence-electron chi connectivity index (χ0n) is 19.3. The Kier molecular flexibility index (Phi) is 6.56. The van der Waals surface area contributed by atoms with E-state index in [-0.39, 0.29) is 52.1 Å². The lowest BCUT2D eigenvalue weighted by atomic mass is 9.72. The molecule has 1 aromatic carbocycles. The van der Waals surface area contributed by atoms with Gasteiger partial charge in [0.2, 0.25) is 17.3 Å². The number of hydrogen-bond acceptors (Lipinski definition) is 10. The number of methoxy groups -OCH3 is 2. The molecule has 184 valence electrons. The van der Waals surface area contributed by atoms with Crippen molar-refractivity contribution in [3.63, 3.8) is 0 Å². The molecule has 1 aliphatic heterocycles. The predicted molar refractivity (Wildman–Crippen MR) is 129 cm³/mol. The van der Waals surface area contributed by atoms with Crippen LogP contribution >= 0.6 is 22.9 Å². The second kappa shape index (κ2) is 9.31. The molecule has 0 radical (unpaired) electrons. The van der Waals surface area contributed by atoms with Gasteiger partial charge in [-0.3, -0.25) is 19.4 Å². The molecule has 35 heavy (non-hydrogen) atoms. The summed E-state index contributed by atoms with van der Waals surface area (Å²) < 4.78 is 16.7. The number of aliphatic hydroxyl groups is 1. The summed E-state index contributed by atoms with van der Waals surface area (Å²) in [4.78, 5) is 47.0. The van der Waals surface area contributed by atoms with Crippen molar-refractivity contribution in [3.05, 3.63) is 39.6 Å². The Morgan fingerprint density at radius 2 is 2.09 bits per heavy atom. The Balaban J connectivity index is 1.74. The van der Waals surface area contributed by atoms with Crippen LogP contribution in [0.25, 0.3) is 0 Å². The number of ketones is 2. The normalized spacial score (nSPS) is 21.7. The number of anilines is 1. The van der Waals surface area contributed by atoms with E-state index in [0.29, 0.717) is 5.13 Å². The van der Waals surface area contributed by atoms with Crippen molar-refractivity contribution < 1.29 is 33.7 Å². The maximum Gasteiger partial charge on any atom is 0.247 e. The van der Waals surface area contributed by atoms with E-state index < -0.39 is 34.8 Å². The van der Waals surface area contributed by atoms with Gasteiger partial charge in [0.05, 0.1) is 19.8 Å². The second-order valence-corrected chi connectivity index (χ2v) is 9.28. The minimum Gasteiger partial charge on any atom is -0.507 e. The van der Waals surface area contributed by atoms with Crippen LogP contribution in [0.15, 0.2) is 34.0 Å². The van der Waals surface area contributed by atoms with Crippen LogP contribution in [0.4, 0.5) is 5.13 Å². The van der Waals surface area contributed by atoms with Crippen molar-refractivity contribution in [2.45, 2.75) is 25.9 Å². The number of amides is 1. The van der Waals surface area contributed by atoms with Crippen molar-refractivity contribution in [1.29, 1.82) is 0 Å². The molecule has 1 aliphatic carbocycles. The van der Waals surface area contributed by atoms with E-state index in [9.17, 15) is 19.5 Å². The Morgan fingerprint density at radius 1 is 1.37 bits per heavy atom. The fraction of sp³-hybridized carbons (Fsp3) is 0.348. The first-order valence-electron chi connectivity index (χ1n) is 10.5. The molecule has 1 aromatic heterocycles. The molecule has 2 aromatic rings. The summed E-state index contributed by atoms with van der Waals surface area (Å²) in [6, 6.07) is 1.45. The molecule has 2 aliphatic rings. The van der Waals surface area contributed by atoms with Crippen LogP contribution in [0, 0.1) is 5.92 Å². The number of thiazole rings is 1. The van der Waals surface area contributed by atoms with Gasteiger partial charge >= 0.3 is 0 Å². The SMILES string of the molecule is COc1cc(OC)c2c(c1Cl)O[C@]1(C2=O)C(O)=C(C(C)=NCC(=O)Nc2nccs2)C(=O)C[C@H]1C. The summed E-state index contributed by atoms with van der Waals surface area (Å²) in [5.74, 6) is -2.41. The monoisotopic (exact) mass is 519 g/mol. The summed E-state index contributed by atoms with van der Waals surface area (Å²) in [6.45, 7) is 2.79. The number of carbonyl (C=O) groups is 3. The number of aliphatic imine (C=N–C) groups is 1. The van der Waals surface area contributed by atoms with Crippen molar-refractivity contribution in [1.82, 2.24) is 4.98 Å². The Hall–Kier alpha value is -3.44. The van der Waals surface area contributed by atoms with Gasteiger partial charge in [-0.1, -0.05) is 18.5 Å². The highest BCUT2D eigenvalue weighted by molar-refractivity contribution is 7.13. The highest BCUT2D eigenvalue weighted by atomic mass is 35.5. The number of benzene rings is 1. The third-order valence-corrected chi connectivity index (χ3v) is 7.02. The molecular formula is C23H22ClN3O7S. The number of allylic oxidation sites excluding steroid dienone is 1. The number of fused-ring (bicyclic) bond motifs is 1. The van der Waals surface area contributed by atoms with Gasteiger partial charge in [-0.05, 0) is 6.92 Å². The number of carbonyl (C=O) groups excluding carboxylic acids is 3. The quantitative estimate of drug-likeness (QED) is 0.552. The molecule has 1 spiro atoms. The number of nitrogens with zero attached hydrogens (tertiary/aromatic N) is 2. The maximum atomic E-state index is 13.7. The van der Waals surface area contributed by atoms with Crippen LogP contribution < -0.4 is 19.5 Å². The fourth-order valence-electron chi connectivity index (χ4n) is 4.24. The number of ether oxygens (including phenoxy) is 3. The first kappa shape index (κ1) is 24.7. The highest BCUT2D eigenvalue weighted by Gasteiger charge is 2.61. The lowest BCUT2D eigenvalue weighted by Gasteiger charge is -2.37. The molecule has 2 heterocycles. The average molecular weight is 520 g/mol. The molecule has 2 atom stereocenters. The average Bonchev–Trinajstić information content (AvgIpc) is 3.44. The van der Waals surface area contributed by atoms with E-state index in [1.54, 1.807) is 18.5 Å². The van der Waals surface area contributed by atoms with Gasteiger partial charge in [0.15, 0.2) is 22.4 Å². The van der Waals surface area contributed by atoms with E-state index in [1.807, 2.05) is 0 Å². The van der Waals surface area contributed by atoms with Crippen LogP contribution in [0.3, 0.4) is 0 Å². The molecule has 10 nitrogen and oxygen atoms in total. The van der Waals surface area contributed by atoms with E-state index in [0.717, 1.165) is 0 Å². The number of rotatable bonds is 6. The molecule has 0 fully saturated rings. The predicted octanol–water partition coefficient (Wildman–Crippen LogP) is 3.65. The highest BCUT2D eigenvalue weighted by Crippen LogP contribution is 2.54. The molecule has 0 saturated carbocycles. The number of aromatic nitrogens is 1. The molecule has 2 N–H and O–H groups in total. The fourth-order valence-corrected chi connectivity index (χ4v) is 5.05. The van der Waals surface area contributed by atoms with Crippen LogP contribution in [-0.2, 0) is 9.59 Å². The summed E-state index contributed by atoms with van der Waals surface area (Å²) in [5, 5.41) is 16.1. The zero-order valence-corrected chi connectivity index (χ0v) is 20.9. The van der Waals surface area contributed by atoms with E-state index in [1.165, 1.54) is 38.5 Å². The molecule has 1 amide bonds. The van der Waals surface area contributed by atoms with Crippen LogP contribution in [0.2, 0.25) is 5.02 Å². The van der Waals surface area contributed by atoms with Crippen LogP contribution in [0.5, 0.6) is 17.2 Å². The van der Waals surface area contributed by atoms with Crippen molar-refractivity contribution in [2.24, 2.45) is 10.9 Å². The van der Waals surface area contributed by atoms with E-state index in [4.69, 9.17) is 25.8 Å². The van der Waals surface area contributed by atoms with Crippen LogP contribution in [-0.4, -0.2) is 59.6 Å². The maximum absolute atomic E-state index is 13.7. The first-order chi connectivity index (χ1) is 16.6. The summed E-state index contributed by atoms with van der Waals surface area (Å²) in [6.07, 6.45) is 1.45. The third kappa shape index (κ3) is 3.94. The standard InChI is InChI=1S/C23H22ClN3O7S/c1-10-7-12(28)16(11(2)26-9-15(29)27-22-25-5-6-35-22)20(30)23(10)21(31)17-13(32-3)8-14(33-4)18(24)19(17)34-23/h5-6,8,10,30H,7,9H2,1-4H3,(H,25,27,29)/t10-,23+/m1/s1. The lowest BCUT2D eigenvalue weighted by molar-refractivity contribution is -0.119. The van der Waals surface area contributed by atoms with Crippen molar-refractivity contribution in [2.75, 3.05) is 26.1 Å². The minimum absolute atomic E-state index is 0.00242. The van der Waals surface area contributed by atoms with Crippen LogP contribution in [0.1, 0.15) is 30.6 Å². The molecular weight excluding hydrogens is 498 g/mol. The largest absolute Gasteiger partial charge is 0.507 e. The Labute approximate surface area is 209 Å². The topological polar surface area (TPSA) is 136 Å². The van der Waals surface area contributed by atoms with Crippen molar-refractivity contribution in [3.8, 4) is 17.2 Å². The lowest BCUT2D eigenvalue weighted by Crippen LogP contribution is -2.53. The van der Waals surface area contributed by atoms with E-state index in [2.05, 4.69) is 15.3 Å². The zero-order chi connectivity index (χ0) is 25.5. The van der Waals surface area contributed by atoms with Gasteiger partial charge in [0.1, 0.15) is 28.6 Å². The smallest absolute Gasteiger partial charge is 0.247 e. The summed E-state index contributed by atoms with van der Waals surface area (Å²) in [7, 11) is 2.78. The molecule has 12 heteroatoms. The number of Topliss-reactive ketones (excluding diaryl/α,β-unsaturated/α-hetero) is 2. The van der Waals surface area contributed by atoms with Gasteiger partial charge in [-0.2, -0.15) is 0 Å². The summed E-state index contributed by atoms with van der Waals surface area (Å²) in [5.41, 5.74) is -1.94. The summed E-state index contributed by atoms with van der Waals surface area (Å²) >= 11 is 7.67. The number of halogens is 1. The molecule has 0 unspecified atom stereocenters. The number of hydrogen-bond donors (Lipinski definition) is 2. The van der Waals surface area contributed by atoms with Gasteiger partial charge in [-0.25, -0.2) is 4.98 Å². The Morgan fingerprint density at radius 3 is 2.71 bits per heavy atom. The second-order valence-electron chi connectivity index (χ2n) is 8.01. The first-order valence-corrected chi connectivity index (χ1v) is 11.8. The van der Waals surface area contributed by atoms with Gasteiger partial charge < -0.3 is 24.6 Å². The minimum atomic E-state index is -1.91. The van der Waals surface area contributed by atoms with Gasteiger partial charge in [0.25, 0.3) is 0 Å². The Bertz CT molecular complexity index is 1290. The molecule has 0 bridgehead atoms.